The van der Waals surface area contributed by atoms with E-state index in [0.29, 0.717) is 12.1 Å². The van der Waals surface area contributed by atoms with Crippen molar-refractivity contribution in [2.45, 2.75) is 38.8 Å². The molecule has 0 unspecified atom stereocenters. The van der Waals surface area contributed by atoms with Crippen molar-refractivity contribution < 1.29 is 4.74 Å². The molecule has 0 spiro atoms. The molecule has 0 aliphatic carbocycles. The van der Waals surface area contributed by atoms with E-state index in [1.165, 1.54) is 0 Å². The third-order valence-electron chi connectivity index (χ3n) is 1.73. The minimum Gasteiger partial charge on any atom is -0.460 e. The van der Waals surface area contributed by atoms with Gasteiger partial charge in [0.1, 0.15) is 6.10 Å². The van der Waals surface area contributed by atoms with E-state index in [1.54, 1.807) is 0 Å². The van der Waals surface area contributed by atoms with Crippen molar-refractivity contribution in [2.24, 2.45) is 10.7 Å². The fourth-order valence-corrected chi connectivity index (χ4v) is 1.16. The standard InChI is InChI=1S/C7H14N2O/c1-3-4-6-5(2)10-7(8)9-6/h5-6H,3-4H2,1-2H3,(H2,8,9)/t5-,6+/m1/s1. The molecule has 0 amide bonds. The summed E-state index contributed by atoms with van der Waals surface area (Å²) in [6, 6.07) is 0.649. The van der Waals surface area contributed by atoms with Crippen LogP contribution >= 0.6 is 0 Å². The van der Waals surface area contributed by atoms with Gasteiger partial charge in [-0.25, -0.2) is 4.99 Å². The number of hydrogen-bond donors (Lipinski definition) is 1. The molecule has 0 saturated heterocycles. The summed E-state index contributed by atoms with van der Waals surface area (Å²) < 4.78 is 5.15. The number of ether oxygens (including phenoxy) is 1. The SMILES string of the molecule is CCC[C@@H]1N=C(N)O[C@@H]1C. The van der Waals surface area contributed by atoms with Gasteiger partial charge in [-0.05, 0) is 13.3 Å². The third-order valence-corrected chi connectivity index (χ3v) is 1.73. The average molecular weight is 142 g/mol. The predicted octanol–water partition coefficient (Wildman–Crippen LogP) is 0.889. The molecule has 0 radical (unpaired) electrons. The molecule has 3 nitrogen and oxygen atoms in total. The second kappa shape index (κ2) is 2.90. The summed E-state index contributed by atoms with van der Waals surface area (Å²) in [6.45, 7) is 4.14. The lowest BCUT2D eigenvalue weighted by atomic mass is 10.1. The van der Waals surface area contributed by atoms with Crippen LogP contribution in [0.15, 0.2) is 4.99 Å². The average Bonchev–Trinajstić information content (AvgIpc) is 2.13. The molecule has 3 heteroatoms. The summed E-state index contributed by atoms with van der Waals surface area (Å²) in [7, 11) is 0. The van der Waals surface area contributed by atoms with E-state index >= 15 is 0 Å². The van der Waals surface area contributed by atoms with Crippen LogP contribution in [0, 0.1) is 0 Å². The fraction of sp³-hybridized carbons (Fsp3) is 0.857. The Bertz CT molecular complexity index is 145. The van der Waals surface area contributed by atoms with Gasteiger partial charge in [0.05, 0.1) is 6.04 Å². The van der Waals surface area contributed by atoms with E-state index in [9.17, 15) is 0 Å². The molecule has 1 aliphatic heterocycles. The van der Waals surface area contributed by atoms with Crippen molar-refractivity contribution in [3.63, 3.8) is 0 Å². The van der Waals surface area contributed by atoms with Crippen molar-refractivity contribution >= 4 is 6.02 Å². The lowest BCUT2D eigenvalue weighted by Gasteiger charge is -2.09. The Hall–Kier alpha value is -0.730. The quantitative estimate of drug-likeness (QED) is 0.622. The fourth-order valence-electron chi connectivity index (χ4n) is 1.16. The van der Waals surface area contributed by atoms with Crippen LogP contribution in [0.3, 0.4) is 0 Å². The Morgan fingerprint density at radius 3 is 2.80 bits per heavy atom. The monoisotopic (exact) mass is 142 g/mol. The summed E-state index contributed by atoms with van der Waals surface area (Å²) in [4.78, 5) is 4.13. The minimum absolute atomic E-state index is 0.181. The molecule has 1 rings (SSSR count). The lowest BCUT2D eigenvalue weighted by molar-refractivity contribution is 0.205. The van der Waals surface area contributed by atoms with Crippen LogP contribution in [0.25, 0.3) is 0 Å². The molecule has 10 heavy (non-hydrogen) atoms. The van der Waals surface area contributed by atoms with Crippen molar-refractivity contribution in [3.05, 3.63) is 0 Å². The molecule has 0 aromatic carbocycles. The first-order chi connectivity index (χ1) is 4.74. The smallest absolute Gasteiger partial charge is 0.282 e. The molecule has 0 fully saturated rings. The Labute approximate surface area is 61.3 Å². The van der Waals surface area contributed by atoms with Gasteiger partial charge in [0.25, 0.3) is 6.02 Å². The van der Waals surface area contributed by atoms with E-state index in [4.69, 9.17) is 10.5 Å². The van der Waals surface area contributed by atoms with E-state index < -0.39 is 0 Å². The first-order valence-electron chi connectivity index (χ1n) is 3.74. The van der Waals surface area contributed by atoms with Gasteiger partial charge in [0.15, 0.2) is 0 Å². The highest BCUT2D eigenvalue weighted by atomic mass is 16.5. The maximum Gasteiger partial charge on any atom is 0.282 e. The van der Waals surface area contributed by atoms with Gasteiger partial charge in [0, 0.05) is 0 Å². The highest BCUT2D eigenvalue weighted by molar-refractivity contribution is 5.73. The van der Waals surface area contributed by atoms with Crippen LogP contribution in [0.4, 0.5) is 0 Å². The highest BCUT2D eigenvalue weighted by Gasteiger charge is 2.24. The van der Waals surface area contributed by atoms with Gasteiger partial charge >= 0.3 is 0 Å². The largest absolute Gasteiger partial charge is 0.460 e. The normalized spacial score (nSPS) is 31.6. The van der Waals surface area contributed by atoms with Gasteiger partial charge in [0.2, 0.25) is 0 Å². The molecule has 0 aromatic rings. The summed E-state index contributed by atoms with van der Waals surface area (Å²) in [6.07, 6.45) is 2.39. The van der Waals surface area contributed by atoms with Gasteiger partial charge < -0.3 is 10.5 Å². The van der Waals surface area contributed by atoms with Gasteiger partial charge in [-0.1, -0.05) is 13.3 Å². The minimum atomic E-state index is 0.181. The molecular formula is C7H14N2O. The first-order valence-corrected chi connectivity index (χ1v) is 3.74. The van der Waals surface area contributed by atoms with Gasteiger partial charge in [-0.3, -0.25) is 0 Å². The molecule has 0 bridgehead atoms. The number of aliphatic imine (C=N–C) groups is 1. The molecule has 0 saturated carbocycles. The zero-order valence-electron chi connectivity index (χ0n) is 6.50. The summed E-state index contributed by atoms with van der Waals surface area (Å²) in [5.41, 5.74) is 5.37. The number of hydrogen-bond acceptors (Lipinski definition) is 3. The Morgan fingerprint density at radius 2 is 2.40 bits per heavy atom. The molecule has 58 valence electrons. The first kappa shape index (κ1) is 7.38. The predicted molar refractivity (Wildman–Crippen MR) is 40.9 cm³/mol. The molecule has 1 aliphatic rings. The maximum absolute atomic E-state index is 5.37. The zero-order chi connectivity index (χ0) is 7.56. The van der Waals surface area contributed by atoms with Crippen LogP contribution in [-0.4, -0.2) is 18.2 Å². The van der Waals surface area contributed by atoms with Crippen molar-refractivity contribution in [1.29, 1.82) is 0 Å². The summed E-state index contributed by atoms with van der Waals surface area (Å²) in [5, 5.41) is 0. The maximum atomic E-state index is 5.37. The third kappa shape index (κ3) is 1.40. The lowest BCUT2D eigenvalue weighted by Crippen LogP contribution is -2.19. The van der Waals surface area contributed by atoms with Crippen LogP contribution in [0.5, 0.6) is 0 Å². The van der Waals surface area contributed by atoms with E-state index in [0.717, 1.165) is 12.8 Å². The Morgan fingerprint density at radius 1 is 1.70 bits per heavy atom. The topological polar surface area (TPSA) is 47.6 Å². The molecule has 1 heterocycles. The van der Waals surface area contributed by atoms with E-state index in [-0.39, 0.29) is 6.10 Å². The molecular weight excluding hydrogens is 128 g/mol. The van der Waals surface area contributed by atoms with Crippen LogP contribution in [0.1, 0.15) is 26.7 Å². The van der Waals surface area contributed by atoms with Crippen molar-refractivity contribution in [3.8, 4) is 0 Å². The number of nitrogens with two attached hydrogens (primary N) is 1. The Kier molecular flexibility index (Phi) is 2.14. The van der Waals surface area contributed by atoms with Crippen LogP contribution in [-0.2, 0) is 4.74 Å². The number of nitrogens with zero attached hydrogens (tertiary/aromatic N) is 1. The van der Waals surface area contributed by atoms with E-state index in [2.05, 4.69) is 11.9 Å². The van der Waals surface area contributed by atoms with E-state index in [1.807, 2.05) is 6.92 Å². The second-order valence-corrected chi connectivity index (χ2v) is 2.65. The zero-order valence-corrected chi connectivity index (χ0v) is 6.50. The van der Waals surface area contributed by atoms with Crippen LogP contribution in [0.2, 0.25) is 0 Å². The summed E-state index contributed by atoms with van der Waals surface area (Å²) >= 11 is 0. The number of rotatable bonds is 2. The van der Waals surface area contributed by atoms with Crippen molar-refractivity contribution in [2.75, 3.05) is 0 Å². The molecule has 2 N–H and O–H groups in total. The van der Waals surface area contributed by atoms with Gasteiger partial charge in [-0.2, -0.15) is 0 Å². The second-order valence-electron chi connectivity index (χ2n) is 2.65. The van der Waals surface area contributed by atoms with Gasteiger partial charge in [-0.15, -0.1) is 0 Å². The number of amidine groups is 1. The Balaban J connectivity index is 2.44. The highest BCUT2D eigenvalue weighted by Crippen LogP contribution is 2.15. The van der Waals surface area contributed by atoms with Crippen molar-refractivity contribution in [1.82, 2.24) is 0 Å². The molecule has 0 aromatic heterocycles. The van der Waals surface area contributed by atoms with Crippen LogP contribution < -0.4 is 5.73 Å². The summed E-state index contributed by atoms with van der Waals surface area (Å²) in [5.74, 6) is 0. The molecule has 2 atom stereocenters.